The van der Waals surface area contributed by atoms with Crippen LogP contribution in [0.3, 0.4) is 0 Å². The lowest BCUT2D eigenvalue weighted by atomic mass is 9.81. The van der Waals surface area contributed by atoms with Gasteiger partial charge in [0.2, 0.25) is 0 Å². The maximum absolute atomic E-state index is 14.1. The summed E-state index contributed by atoms with van der Waals surface area (Å²) < 4.78 is 54.8. The monoisotopic (exact) mass is 430 g/mol. The van der Waals surface area contributed by atoms with Crippen molar-refractivity contribution in [3.05, 3.63) is 89.7 Å². The van der Waals surface area contributed by atoms with E-state index in [-0.39, 0.29) is 23.5 Å². The van der Waals surface area contributed by atoms with Crippen LogP contribution in [0.2, 0.25) is 0 Å². The van der Waals surface area contributed by atoms with Gasteiger partial charge in [-0.15, -0.1) is 0 Å². The smallest absolute Gasteiger partial charge is 0.387 e. The molecule has 0 saturated carbocycles. The molecule has 0 radical (unpaired) electrons. The van der Waals surface area contributed by atoms with Gasteiger partial charge in [-0.2, -0.15) is 8.78 Å². The molecule has 0 amide bonds. The Morgan fingerprint density at radius 2 is 1.61 bits per heavy atom. The van der Waals surface area contributed by atoms with Crippen LogP contribution in [0.5, 0.6) is 17.2 Å². The first-order valence-corrected chi connectivity index (χ1v) is 10.0. The van der Waals surface area contributed by atoms with Crippen LogP contribution in [0.25, 0.3) is 0 Å². The Morgan fingerprint density at radius 3 is 2.26 bits per heavy atom. The van der Waals surface area contributed by atoms with Gasteiger partial charge in [-0.3, -0.25) is 0 Å². The first-order chi connectivity index (χ1) is 14.9. The number of para-hydroxylation sites is 1. The Labute approximate surface area is 180 Å². The minimum Gasteiger partial charge on any atom is -0.454 e. The summed E-state index contributed by atoms with van der Waals surface area (Å²) in [6.07, 6.45) is 0.786. The third kappa shape index (κ3) is 6.25. The summed E-state index contributed by atoms with van der Waals surface area (Å²) in [4.78, 5) is 0. The average Bonchev–Trinajstić information content (AvgIpc) is 2.76. The molecule has 3 aromatic carbocycles. The van der Waals surface area contributed by atoms with Crippen molar-refractivity contribution in [1.29, 1.82) is 0 Å². The zero-order chi connectivity index (χ0) is 22.3. The van der Waals surface area contributed by atoms with E-state index < -0.39 is 12.4 Å². The predicted octanol–water partition coefficient (Wildman–Crippen LogP) is 7.10. The molecule has 0 N–H and O–H groups in total. The van der Waals surface area contributed by atoms with Gasteiger partial charge < -0.3 is 14.2 Å². The van der Waals surface area contributed by atoms with Gasteiger partial charge in [0.05, 0.1) is 13.2 Å². The van der Waals surface area contributed by atoms with Gasteiger partial charge in [0.1, 0.15) is 11.5 Å². The van der Waals surface area contributed by atoms with Crippen LogP contribution in [0.15, 0.2) is 72.8 Å². The normalized spacial score (nSPS) is 13.1. The number of rotatable bonds is 10. The highest BCUT2D eigenvalue weighted by Gasteiger charge is 2.25. The third-order valence-electron chi connectivity index (χ3n) is 5.21. The number of ether oxygens (including phenoxy) is 3. The van der Waals surface area contributed by atoms with E-state index >= 15 is 0 Å². The summed E-state index contributed by atoms with van der Waals surface area (Å²) in [5.74, 6) is 0.366. The minimum absolute atomic E-state index is 0.121. The molecule has 0 aliphatic rings. The van der Waals surface area contributed by atoms with Crippen LogP contribution in [0, 0.1) is 5.82 Å². The van der Waals surface area contributed by atoms with E-state index in [1.54, 1.807) is 36.4 Å². The van der Waals surface area contributed by atoms with Gasteiger partial charge >= 0.3 is 6.61 Å². The Kier molecular flexibility index (Phi) is 7.58. The van der Waals surface area contributed by atoms with E-state index in [4.69, 9.17) is 9.47 Å². The number of benzene rings is 3. The number of halogens is 3. The molecule has 3 aromatic rings. The fourth-order valence-corrected chi connectivity index (χ4v) is 3.15. The second kappa shape index (κ2) is 10.4. The third-order valence-corrected chi connectivity index (χ3v) is 5.21. The number of hydrogen-bond donors (Lipinski definition) is 0. The van der Waals surface area contributed by atoms with E-state index in [1.807, 2.05) is 32.0 Å². The van der Waals surface area contributed by atoms with E-state index in [0.717, 1.165) is 17.5 Å². The average molecular weight is 430 g/mol. The largest absolute Gasteiger partial charge is 0.454 e. The molecule has 0 bridgehead atoms. The van der Waals surface area contributed by atoms with Gasteiger partial charge in [0, 0.05) is 5.41 Å². The molecule has 1 atom stereocenters. The van der Waals surface area contributed by atoms with Crippen LogP contribution < -0.4 is 9.47 Å². The fourth-order valence-electron chi connectivity index (χ4n) is 3.15. The van der Waals surface area contributed by atoms with Crippen LogP contribution in [0.4, 0.5) is 13.2 Å². The lowest BCUT2D eigenvalue weighted by Gasteiger charge is -2.29. The molecule has 0 aromatic heterocycles. The van der Waals surface area contributed by atoms with Crippen molar-refractivity contribution in [1.82, 2.24) is 0 Å². The van der Waals surface area contributed by atoms with E-state index in [9.17, 15) is 13.2 Å². The molecule has 3 nitrogen and oxygen atoms in total. The van der Waals surface area contributed by atoms with Crippen molar-refractivity contribution in [2.45, 2.75) is 38.9 Å². The second-order valence-electron chi connectivity index (χ2n) is 7.49. The molecule has 1 unspecified atom stereocenters. The van der Waals surface area contributed by atoms with E-state index in [0.29, 0.717) is 12.4 Å². The highest BCUT2D eigenvalue weighted by Crippen LogP contribution is 2.31. The summed E-state index contributed by atoms with van der Waals surface area (Å²) in [6, 6.07) is 20.3. The highest BCUT2D eigenvalue weighted by molar-refractivity contribution is 5.35. The number of hydrogen-bond acceptors (Lipinski definition) is 3. The summed E-state index contributed by atoms with van der Waals surface area (Å²) in [7, 11) is 0. The zero-order valence-corrected chi connectivity index (χ0v) is 17.5. The second-order valence-corrected chi connectivity index (χ2v) is 7.49. The summed E-state index contributed by atoms with van der Waals surface area (Å²) in [5, 5.41) is 0. The predicted molar refractivity (Wildman–Crippen MR) is 113 cm³/mol. The van der Waals surface area contributed by atoms with Crippen molar-refractivity contribution < 1.29 is 27.4 Å². The Balaban J connectivity index is 1.63. The molecule has 0 heterocycles. The van der Waals surface area contributed by atoms with Gasteiger partial charge in [-0.05, 0) is 53.9 Å². The Bertz CT molecular complexity index is 962. The lowest BCUT2D eigenvalue weighted by Crippen LogP contribution is -2.27. The van der Waals surface area contributed by atoms with Crippen molar-refractivity contribution in [3.63, 3.8) is 0 Å². The SMILES string of the molecule is CCC(C)(COCc1ccc(F)c(Oc2ccccc2)c1)c1ccc(OC(F)F)cc1. The summed E-state index contributed by atoms with van der Waals surface area (Å²) >= 11 is 0. The highest BCUT2D eigenvalue weighted by atomic mass is 19.3. The Morgan fingerprint density at radius 1 is 0.903 bits per heavy atom. The van der Waals surface area contributed by atoms with Crippen LogP contribution >= 0.6 is 0 Å². The van der Waals surface area contributed by atoms with Crippen molar-refractivity contribution in [2.75, 3.05) is 6.61 Å². The minimum atomic E-state index is -2.85. The molecule has 164 valence electrons. The Hall–Kier alpha value is -2.99. The van der Waals surface area contributed by atoms with Gasteiger partial charge in [0.15, 0.2) is 11.6 Å². The fraction of sp³-hybridized carbons (Fsp3) is 0.280. The molecular formula is C25H25F3O3. The van der Waals surface area contributed by atoms with Crippen LogP contribution in [0.1, 0.15) is 31.4 Å². The number of alkyl halides is 2. The topological polar surface area (TPSA) is 27.7 Å². The molecule has 6 heteroatoms. The van der Waals surface area contributed by atoms with Gasteiger partial charge in [-0.25, -0.2) is 4.39 Å². The maximum Gasteiger partial charge on any atom is 0.387 e. The molecule has 0 saturated heterocycles. The molecule has 0 aliphatic heterocycles. The van der Waals surface area contributed by atoms with Crippen LogP contribution in [-0.4, -0.2) is 13.2 Å². The molecule has 0 aliphatic carbocycles. The zero-order valence-electron chi connectivity index (χ0n) is 17.5. The first-order valence-electron chi connectivity index (χ1n) is 10.0. The lowest BCUT2D eigenvalue weighted by molar-refractivity contribution is -0.0498. The molecule has 0 fully saturated rings. The standard InChI is InChI=1S/C25H25F3O3/c1-3-25(2,19-10-12-21(13-11-19)31-24(27)28)17-29-16-18-9-14-22(26)23(15-18)30-20-7-5-4-6-8-20/h4-15,24H,3,16-17H2,1-2H3. The molecule has 3 rings (SSSR count). The quantitative estimate of drug-likeness (QED) is 0.343. The van der Waals surface area contributed by atoms with Crippen LogP contribution in [-0.2, 0) is 16.8 Å². The van der Waals surface area contributed by atoms with Crippen molar-refractivity contribution in [3.8, 4) is 17.2 Å². The van der Waals surface area contributed by atoms with E-state index in [1.165, 1.54) is 18.2 Å². The van der Waals surface area contributed by atoms with Gasteiger partial charge in [-0.1, -0.05) is 50.2 Å². The molecule has 31 heavy (non-hydrogen) atoms. The maximum atomic E-state index is 14.1. The summed E-state index contributed by atoms with van der Waals surface area (Å²) in [5.41, 5.74) is 1.43. The first kappa shape index (κ1) is 22.7. The molecule has 0 spiro atoms. The van der Waals surface area contributed by atoms with Gasteiger partial charge in [0.25, 0.3) is 0 Å². The summed E-state index contributed by atoms with van der Waals surface area (Å²) in [6.45, 7) is 1.93. The van der Waals surface area contributed by atoms with Crippen molar-refractivity contribution >= 4 is 0 Å². The van der Waals surface area contributed by atoms with Crippen molar-refractivity contribution in [2.24, 2.45) is 0 Å². The van der Waals surface area contributed by atoms with E-state index in [2.05, 4.69) is 4.74 Å². The molecular weight excluding hydrogens is 405 g/mol.